The van der Waals surface area contributed by atoms with Crippen molar-refractivity contribution in [3.63, 3.8) is 0 Å². The van der Waals surface area contributed by atoms with Crippen LogP contribution in [-0.4, -0.2) is 67.2 Å². The van der Waals surface area contributed by atoms with Crippen LogP contribution < -0.4 is 14.8 Å². The monoisotopic (exact) mass is 542 g/mol. The summed E-state index contributed by atoms with van der Waals surface area (Å²) in [4.78, 5) is 6.97. The molecule has 0 bridgehead atoms. The van der Waals surface area contributed by atoms with Gasteiger partial charge in [-0.15, -0.1) is 0 Å². The number of aryl methyl sites for hydroxylation is 1. The average Bonchev–Trinajstić information content (AvgIpc) is 3.51. The van der Waals surface area contributed by atoms with Crippen LogP contribution in [0.4, 0.5) is 0 Å². The Labute approximate surface area is 232 Å². The molecule has 1 unspecified atom stereocenters. The molecule has 1 atom stereocenters. The summed E-state index contributed by atoms with van der Waals surface area (Å²) in [6.07, 6.45) is 8.88. The van der Waals surface area contributed by atoms with Crippen molar-refractivity contribution >= 4 is 5.52 Å². The van der Waals surface area contributed by atoms with Gasteiger partial charge in [-0.1, -0.05) is 6.07 Å². The molecule has 0 saturated heterocycles. The van der Waals surface area contributed by atoms with E-state index >= 15 is 0 Å². The number of aliphatic hydroxyl groups excluding tert-OH is 1. The van der Waals surface area contributed by atoms with E-state index in [1.54, 1.807) is 24.0 Å². The van der Waals surface area contributed by atoms with Crippen LogP contribution in [-0.2, 0) is 13.1 Å². The third-order valence-corrected chi connectivity index (χ3v) is 8.08. The fourth-order valence-electron chi connectivity index (χ4n) is 5.83. The zero-order valence-electron chi connectivity index (χ0n) is 23.0. The summed E-state index contributed by atoms with van der Waals surface area (Å²) in [5.74, 6) is 1.74. The molecule has 5 heterocycles. The van der Waals surface area contributed by atoms with Crippen molar-refractivity contribution in [1.82, 2.24) is 34.6 Å². The topological polar surface area (TPSA) is 126 Å². The lowest BCUT2D eigenvalue weighted by Crippen LogP contribution is -2.45. The van der Waals surface area contributed by atoms with Crippen molar-refractivity contribution in [2.45, 2.75) is 51.9 Å². The largest absolute Gasteiger partial charge is 0.493 e. The number of rotatable bonds is 9. The number of nitriles is 1. The van der Waals surface area contributed by atoms with Gasteiger partial charge in [0.05, 0.1) is 43.5 Å². The Hall–Kier alpha value is -4.14. The summed E-state index contributed by atoms with van der Waals surface area (Å²) in [5, 5.41) is 31.4. The van der Waals surface area contributed by atoms with Gasteiger partial charge in [0.1, 0.15) is 0 Å². The molecule has 1 aliphatic carbocycles. The van der Waals surface area contributed by atoms with Gasteiger partial charge in [0.15, 0.2) is 29.3 Å². The molecular weight excluding hydrogens is 508 g/mol. The number of pyridine rings is 2. The van der Waals surface area contributed by atoms with Crippen LogP contribution in [0.1, 0.15) is 41.5 Å². The van der Waals surface area contributed by atoms with Gasteiger partial charge < -0.3 is 19.9 Å². The maximum Gasteiger partial charge on any atom is 0.176 e. The molecule has 208 valence electrons. The first-order valence-electron chi connectivity index (χ1n) is 13.7. The van der Waals surface area contributed by atoms with Gasteiger partial charge >= 0.3 is 0 Å². The average molecular weight is 543 g/mol. The molecule has 0 radical (unpaired) electrons. The van der Waals surface area contributed by atoms with E-state index in [0.717, 1.165) is 61.4 Å². The zero-order chi connectivity index (χ0) is 27.8. The van der Waals surface area contributed by atoms with Crippen LogP contribution in [0.15, 0.2) is 36.8 Å². The quantitative estimate of drug-likeness (QED) is 0.242. The minimum Gasteiger partial charge on any atom is -0.493 e. The van der Waals surface area contributed by atoms with Gasteiger partial charge in [-0.2, -0.15) is 15.5 Å². The first-order chi connectivity index (χ1) is 19.5. The number of ether oxygens (including phenoxy) is 2. The number of aliphatic hydroxyl groups is 1. The summed E-state index contributed by atoms with van der Waals surface area (Å²) in [6, 6.07) is 6.10. The number of nitrogens with zero attached hydrogens (tertiary/aromatic N) is 7. The normalized spacial score (nSPS) is 19.5. The fraction of sp³-hybridized carbons (Fsp3) is 0.448. The van der Waals surface area contributed by atoms with Crippen molar-refractivity contribution in [3.05, 3.63) is 59.3 Å². The third-order valence-electron chi connectivity index (χ3n) is 8.08. The smallest absolute Gasteiger partial charge is 0.176 e. The molecule has 0 spiro atoms. The van der Waals surface area contributed by atoms with Crippen LogP contribution in [0.2, 0.25) is 0 Å². The van der Waals surface area contributed by atoms with Crippen LogP contribution in [0.3, 0.4) is 0 Å². The molecule has 2 aliphatic rings. The van der Waals surface area contributed by atoms with E-state index in [4.69, 9.17) is 19.8 Å². The lowest BCUT2D eigenvalue weighted by Gasteiger charge is -2.39. The first-order valence-corrected chi connectivity index (χ1v) is 13.7. The van der Waals surface area contributed by atoms with Gasteiger partial charge in [-0.25, -0.2) is 4.52 Å². The highest BCUT2D eigenvalue weighted by Gasteiger charge is 2.32. The second-order valence-corrected chi connectivity index (χ2v) is 10.8. The zero-order valence-corrected chi connectivity index (χ0v) is 23.0. The molecule has 0 aromatic carbocycles. The van der Waals surface area contributed by atoms with Crippen LogP contribution in [0.5, 0.6) is 11.5 Å². The molecule has 1 aliphatic heterocycles. The summed E-state index contributed by atoms with van der Waals surface area (Å²) in [6.45, 7) is 7.52. The summed E-state index contributed by atoms with van der Waals surface area (Å²) in [7, 11) is 1.60. The van der Waals surface area contributed by atoms with Crippen LogP contribution >= 0.6 is 0 Å². The summed E-state index contributed by atoms with van der Waals surface area (Å²) < 4.78 is 15.8. The predicted molar refractivity (Wildman–Crippen MR) is 148 cm³/mol. The lowest BCUT2D eigenvalue weighted by atomic mass is 9.80. The van der Waals surface area contributed by atoms with E-state index in [0.29, 0.717) is 34.7 Å². The Balaban J connectivity index is 1.29. The molecular formula is C29H34N8O3. The molecule has 4 aromatic heterocycles. The number of hydrogen-bond acceptors (Lipinski definition) is 9. The number of nitrogens with one attached hydrogen (secondary N) is 1. The second-order valence-electron chi connectivity index (χ2n) is 10.8. The van der Waals surface area contributed by atoms with Crippen molar-refractivity contribution in [2.24, 2.45) is 5.92 Å². The number of hydrogen-bond donors (Lipinski definition) is 2. The Morgan fingerprint density at radius 2 is 2.05 bits per heavy atom. The number of fused-ring (bicyclic) bond motifs is 2. The van der Waals surface area contributed by atoms with Gasteiger partial charge in [0, 0.05) is 43.6 Å². The number of aromatic nitrogens is 5. The molecule has 11 heteroatoms. The third kappa shape index (κ3) is 4.85. The van der Waals surface area contributed by atoms with Gasteiger partial charge in [-0.05, 0) is 55.9 Å². The summed E-state index contributed by atoms with van der Waals surface area (Å²) in [5.41, 5.74) is 6.45. The molecule has 2 N–H and O–H groups in total. The van der Waals surface area contributed by atoms with Crippen molar-refractivity contribution in [3.8, 4) is 28.9 Å². The van der Waals surface area contributed by atoms with Crippen molar-refractivity contribution in [1.29, 1.82) is 5.26 Å². The second kappa shape index (κ2) is 10.8. The number of methoxy groups -OCH3 is 1. The SMILES string of the molecule is COc1cnn2cc(-c3nn4c(c3C)CN(CC3CC(NC#N)C3)CC4)cc(OC(CO)c3ccc(C)cn3)c12. The van der Waals surface area contributed by atoms with E-state index in [9.17, 15) is 5.11 Å². The highest BCUT2D eigenvalue weighted by molar-refractivity contribution is 5.75. The van der Waals surface area contributed by atoms with E-state index in [2.05, 4.69) is 38.1 Å². The van der Waals surface area contributed by atoms with E-state index in [1.165, 1.54) is 5.69 Å². The maximum atomic E-state index is 10.2. The first kappa shape index (κ1) is 26.1. The molecule has 11 nitrogen and oxygen atoms in total. The van der Waals surface area contributed by atoms with E-state index < -0.39 is 6.10 Å². The molecule has 4 aromatic rings. The summed E-state index contributed by atoms with van der Waals surface area (Å²) >= 11 is 0. The lowest BCUT2D eigenvalue weighted by molar-refractivity contribution is 0.114. The highest BCUT2D eigenvalue weighted by atomic mass is 16.5. The molecule has 6 rings (SSSR count). The van der Waals surface area contributed by atoms with Crippen LogP contribution in [0.25, 0.3) is 16.8 Å². The van der Waals surface area contributed by atoms with Gasteiger partial charge in [-0.3, -0.25) is 14.6 Å². The Morgan fingerprint density at radius 1 is 1.20 bits per heavy atom. The maximum absolute atomic E-state index is 10.2. The molecule has 0 amide bonds. The molecule has 1 fully saturated rings. The van der Waals surface area contributed by atoms with E-state index in [-0.39, 0.29) is 6.61 Å². The fourth-order valence-corrected chi connectivity index (χ4v) is 5.83. The Kier molecular flexibility index (Phi) is 7.04. The minimum atomic E-state index is -0.654. The highest BCUT2D eigenvalue weighted by Crippen LogP contribution is 2.37. The Bertz CT molecular complexity index is 1550. The minimum absolute atomic E-state index is 0.231. The van der Waals surface area contributed by atoms with Crippen molar-refractivity contribution in [2.75, 3.05) is 26.8 Å². The molecule has 40 heavy (non-hydrogen) atoms. The van der Waals surface area contributed by atoms with Gasteiger partial charge in [0.2, 0.25) is 0 Å². The van der Waals surface area contributed by atoms with Crippen LogP contribution in [0, 0.1) is 31.2 Å². The van der Waals surface area contributed by atoms with E-state index in [1.807, 2.05) is 31.3 Å². The van der Waals surface area contributed by atoms with Crippen molar-refractivity contribution < 1.29 is 14.6 Å². The standard InChI is InChI=1S/C29H34N8O3/c1-18-4-5-23(31-11-18)27(16-38)40-25-10-21(14-37-29(25)26(39-3)12-33-37)28-19(2)24-15-35(6-7-36(24)34-28)13-20-8-22(9-20)32-17-30/h4-5,10-12,14,20,22,27,32,38H,6-9,13,15-16H2,1-3H3. The predicted octanol–water partition coefficient (Wildman–Crippen LogP) is 3.00. The Morgan fingerprint density at radius 3 is 2.77 bits per heavy atom. The molecule has 1 saturated carbocycles. The van der Waals surface area contributed by atoms with Gasteiger partial charge in [0.25, 0.3) is 0 Å².